The van der Waals surface area contributed by atoms with Crippen LogP contribution in [-0.4, -0.2) is 0 Å². The summed E-state index contributed by atoms with van der Waals surface area (Å²) in [5.74, 6) is 3.98. The highest BCUT2D eigenvalue weighted by molar-refractivity contribution is 5.12. The Morgan fingerprint density at radius 2 is 2.00 bits per heavy atom. The second-order valence-electron chi connectivity index (χ2n) is 4.99. The summed E-state index contributed by atoms with van der Waals surface area (Å²) in [7, 11) is 0. The van der Waals surface area contributed by atoms with Gasteiger partial charge in [0.1, 0.15) is 0 Å². The van der Waals surface area contributed by atoms with E-state index in [2.05, 4.69) is 24.3 Å². The van der Waals surface area contributed by atoms with Crippen molar-refractivity contribution in [1.29, 1.82) is 0 Å². The van der Waals surface area contributed by atoms with Crippen molar-refractivity contribution in [3.05, 3.63) is 24.3 Å². The van der Waals surface area contributed by atoms with E-state index in [0.717, 1.165) is 23.7 Å². The Balaban J connectivity index is 1.72. The fourth-order valence-corrected chi connectivity index (χ4v) is 3.57. The largest absolute Gasteiger partial charge is 0.0885 e. The van der Waals surface area contributed by atoms with Crippen molar-refractivity contribution >= 4 is 0 Å². The summed E-state index contributed by atoms with van der Waals surface area (Å²) < 4.78 is 0. The van der Waals surface area contributed by atoms with Crippen LogP contribution in [0.25, 0.3) is 0 Å². The van der Waals surface area contributed by atoms with E-state index >= 15 is 0 Å². The van der Waals surface area contributed by atoms with Gasteiger partial charge in [0, 0.05) is 0 Å². The van der Waals surface area contributed by atoms with Gasteiger partial charge >= 0.3 is 0 Å². The maximum atomic E-state index is 2.50. The monoisotopic (exact) mass is 174 g/mol. The molecule has 0 heteroatoms. The zero-order valence-electron chi connectivity index (χ0n) is 8.15. The SMILES string of the molecule is C1=CCC(C2CC3C=CC2C3)CC1. The Morgan fingerprint density at radius 3 is 2.62 bits per heavy atom. The molecule has 1 fully saturated rings. The smallest absolute Gasteiger partial charge is 0.0196 e. The molecule has 0 aliphatic heterocycles. The van der Waals surface area contributed by atoms with Crippen molar-refractivity contribution in [3.63, 3.8) is 0 Å². The lowest BCUT2D eigenvalue weighted by Crippen LogP contribution is -2.19. The highest BCUT2D eigenvalue weighted by Crippen LogP contribution is 2.49. The van der Waals surface area contributed by atoms with Crippen molar-refractivity contribution in [2.45, 2.75) is 32.1 Å². The molecule has 0 aromatic rings. The van der Waals surface area contributed by atoms with Crippen molar-refractivity contribution in [2.75, 3.05) is 0 Å². The van der Waals surface area contributed by atoms with Crippen LogP contribution in [0.15, 0.2) is 24.3 Å². The van der Waals surface area contributed by atoms with E-state index in [4.69, 9.17) is 0 Å². The maximum absolute atomic E-state index is 2.50. The Hall–Kier alpha value is -0.520. The average molecular weight is 174 g/mol. The van der Waals surface area contributed by atoms with Crippen LogP contribution in [0.5, 0.6) is 0 Å². The molecule has 3 rings (SSSR count). The van der Waals surface area contributed by atoms with Gasteiger partial charge in [-0.15, -0.1) is 0 Å². The average Bonchev–Trinajstić information content (AvgIpc) is 2.80. The van der Waals surface area contributed by atoms with E-state index in [1.165, 1.54) is 32.1 Å². The van der Waals surface area contributed by atoms with Crippen molar-refractivity contribution in [1.82, 2.24) is 0 Å². The van der Waals surface area contributed by atoms with Crippen LogP contribution in [-0.2, 0) is 0 Å². The molecule has 4 atom stereocenters. The molecule has 4 unspecified atom stereocenters. The molecular formula is C13H18. The molecule has 0 aromatic carbocycles. The molecule has 13 heavy (non-hydrogen) atoms. The van der Waals surface area contributed by atoms with Gasteiger partial charge in [0.05, 0.1) is 0 Å². The quantitative estimate of drug-likeness (QED) is 0.533. The lowest BCUT2D eigenvalue weighted by molar-refractivity contribution is 0.268. The van der Waals surface area contributed by atoms with Crippen LogP contribution in [0, 0.1) is 23.7 Å². The van der Waals surface area contributed by atoms with Crippen LogP contribution >= 0.6 is 0 Å². The van der Waals surface area contributed by atoms with Gasteiger partial charge < -0.3 is 0 Å². The molecule has 0 heterocycles. The summed E-state index contributed by atoms with van der Waals surface area (Å²) in [6.07, 6.45) is 16.9. The van der Waals surface area contributed by atoms with Crippen molar-refractivity contribution in [3.8, 4) is 0 Å². The second-order valence-corrected chi connectivity index (χ2v) is 4.99. The summed E-state index contributed by atoms with van der Waals surface area (Å²) in [6, 6.07) is 0. The van der Waals surface area contributed by atoms with E-state index in [9.17, 15) is 0 Å². The Bertz CT molecular complexity index is 249. The van der Waals surface area contributed by atoms with Crippen LogP contribution in [0.1, 0.15) is 32.1 Å². The molecular weight excluding hydrogens is 156 g/mol. The fourth-order valence-electron chi connectivity index (χ4n) is 3.57. The molecule has 0 nitrogen and oxygen atoms in total. The Labute approximate surface area is 80.7 Å². The third-order valence-corrected chi connectivity index (χ3v) is 4.25. The summed E-state index contributed by atoms with van der Waals surface area (Å²) >= 11 is 0. The molecule has 70 valence electrons. The van der Waals surface area contributed by atoms with Gasteiger partial charge in [0.15, 0.2) is 0 Å². The lowest BCUT2D eigenvalue weighted by atomic mass is 9.76. The first-order valence-corrected chi connectivity index (χ1v) is 5.77. The highest BCUT2D eigenvalue weighted by Gasteiger charge is 2.39. The van der Waals surface area contributed by atoms with Crippen LogP contribution in [0.3, 0.4) is 0 Å². The van der Waals surface area contributed by atoms with Gasteiger partial charge in [0.2, 0.25) is 0 Å². The summed E-state index contributed by atoms with van der Waals surface area (Å²) in [4.78, 5) is 0. The fraction of sp³-hybridized carbons (Fsp3) is 0.692. The molecule has 0 radical (unpaired) electrons. The van der Waals surface area contributed by atoms with Gasteiger partial charge in [0.25, 0.3) is 0 Å². The van der Waals surface area contributed by atoms with E-state index in [1.54, 1.807) is 0 Å². The van der Waals surface area contributed by atoms with Crippen LogP contribution < -0.4 is 0 Å². The zero-order valence-corrected chi connectivity index (χ0v) is 8.15. The maximum Gasteiger partial charge on any atom is -0.0196 e. The number of hydrogen-bond donors (Lipinski definition) is 0. The summed E-state index contributed by atoms with van der Waals surface area (Å²) in [5.41, 5.74) is 0. The Kier molecular flexibility index (Phi) is 1.81. The molecule has 0 amide bonds. The molecule has 1 saturated carbocycles. The predicted octanol–water partition coefficient (Wildman–Crippen LogP) is 3.55. The van der Waals surface area contributed by atoms with E-state index < -0.39 is 0 Å². The first kappa shape index (κ1) is 7.84. The second kappa shape index (κ2) is 3.01. The Morgan fingerprint density at radius 1 is 1.00 bits per heavy atom. The van der Waals surface area contributed by atoms with Gasteiger partial charge in [-0.25, -0.2) is 0 Å². The first-order chi connectivity index (χ1) is 6.43. The van der Waals surface area contributed by atoms with E-state index in [1.807, 2.05) is 0 Å². The number of fused-ring (bicyclic) bond motifs is 2. The lowest BCUT2D eigenvalue weighted by Gasteiger charge is -2.29. The van der Waals surface area contributed by atoms with Crippen molar-refractivity contribution < 1.29 is 0 Å². The van der Waals surface area contributed by atoms with Gasteiger partial charge in [-0.05, 0) is 55.8 Å². The van der Waals surface area contributed by atoms with Crippen LogP contribution in [0.2, 0.25) is 0 Å². The minimum atomic E-state index is 0.959. The molecule has 2 bridgehead atoms. The minimum Gasteiger partial charge on any atom is -0.0885 e. The van der Waals surface area contributed by atoms with Gasteiger partial charge in [-0.3, -0.25) is 0 Å². The molecule has 3 aliphatic carbocycles. The summed E-state index contributed by atoms with van der Waals surface area (Å²) in [6.45, 7) is 0. The zero-order chi connectivity index (χ0) is 8.67. The molecule has 0 saturated heterocycles. The summed E-state index contributed by atoms with van der Waals surface area (Å²) in [5, 5.41) is 0. The van der Waals surface area contributed by atoms with Gasteiger partial charge in [-0.1, -0.05) is 24.3 Å². The van der Waals surface area contributed by atoms with Crippen molar-refractivity contribution in [2.24, 2.45) is 23.7 Å². The molecule has 3 aliphatic rings. The standard InChI is InChI=1S/C13H18/c1-2-4-11(5-3-1)13-9-10-6-7-12(13)8-10/h1-2,6-7,10-13H,3-5,8-9H2. The number of hydrogen-bond acceptors (Lipinski definition) is 0. The predicted molar refractivity (Wildman–Crippen MR) is 55.3 cm³/mol. The minimum absolute atomic E-state index is 0.959. The van der Waals surface area contributed by atoms with Gasteiger partial charge in [-0.2, -0.15) is 0 Å². The molecule has 0 N–H and O–H groups in total. The topological polar surface area (TPSA) is 0 Å². The third kappa shape index (κ3) is 1.27. The van der Waals surface area contributed by atoms with E-state index in [-0.39, 0.29) is 0 Å². The highest BCUT2D eigenvalue weighted by atomic mass is 14.4. The number of rotatable bonds is 1. The normalized spacial score (nSPS) is 47.4. The number of allylic oxidation sites excluding steroid dienone is 4. The molecule has 0 aromatic heterocycles. The first-order valence-electron chi connectivity index (χ1n) is 5.77. The van der Waals surface area contributed by atoms with E-state index in [0.29, 0.717) is 0 Å². The van der Waals surface area contributed by atoms with Crippen LogP contribution in [0.4, 0.5) is 0 Å². The molecule has 0 spiro atoms. The third-order valence-electron chi connectivity index (χ3n) is 4.25.